The lowest BCUT2D eigenvalue weighted by Crippen LogP contribution is -2.24. The Morgan fingerprint density at radius 3 is 2.06 bits per heavy atom. The molecule has 0 bridgehead atoms. The van der Waals surface area contributed by atoms with Gasteiger partial charge in [0.25, 0.3) is 0 Å². The van der Waals surface area contributed by atoms with Crippen LogP contribution < -0.4 is 11.3 Å². The Morgan fingerprint density at radius 1 is 0.812 bits per heavy atom. The molecular formula is C14H16N2. The fraction of sp³-hybridized carbons (Fsp3) is 0.143. The Kier molecular flexibility index (Phi) is 3.70. The van der Waals surface area contributed by atoms with Gasteiger partial charge in [0.1, 0.15) is 0 Å². The van der Waals surface area contributed by atoms with Gasteiger partial charge in [-0.25, -0.2) is 0 Å². The van der Waals surface area contributed by atoms with Crippen LogP contribution in [0, 0.1) is 0 Å². The van der Waals surface area contributed by atoms with E-state index in [0.29, 0.717) is 0 Å². The van der Waals surface area contributed by atoms with Crippen molar-refractivity contribution >= 4 is 0 Å². The number of hydrogen-bond donors (Lipinski definition) is 2. The number of nitrogens with one attached hydrogen (secondary N) is 1. The Morgan fingerprint density at radius 2 is 1.44 bits per heavy atom. The van der Waals surface area contributed by atoms with Crippen molar-refractivity contribution in [1.29, 1.82) is 0 Å². The lowest BCUT2D eigenvalue weighted by atomic mass is 10.0. The topological polar surface area (TPSA) is 38.0 Å². The largest absolute Gasteiger partial charge is 0.271 e. The maximum atomic E-state index is 5.25. The third kappa shape index (κ3) is 2.69. The fourth-order valence-electron chi connectivity index (χ4n) is 1.71. The molecule has 3 N–H and O–H groups in total. The van der Waals surface area contributed by atoms with Gasteiger partial charge in [0.15, 0.2) is 0 Å². The molecule has 0 saturated carbocycles. The summed E-state index contributed by atoms with van der Waals surface area (Å²) in [7, 11) is 0. The molecular weight excluding hydrogens is 196 g/mol. The number of nitrogens with two attached hydrogens (primary N) is 1. The molecule has 0 atom stereocenters. The summed E-state index contributed by atoms with van der Waals surface area (Å²) >= 11 is 0. The second-order valence-corrected chi connectivity index (χ2v) is 3.77. The molecule has 2 aromatic carbocycles. The molecule has 0 aliphatic rings. The first kappa shape index (κ1) is 10.9. The van der Waals surface area contributed by atoms with Crippen molar-refractivity contribution in [2.75, 3.05) is 6.54 Å². The Labute approximate surface area is 96.1 Å². The summed E-state index contributed by atoms with van der Waals surface area (Å²) in [6.07, 6.45) is 0.964. The van der Waals surface area contributed by atoms with E-state index in [2.05, 4.69) is 54.0 Å². The van der Waals surface area contributed by atoms with Gasteiger partial charge < -0.3 is 0 Å². The van der Waals surface area contributed by atoms with Gasteiger partial charge >= 0.3 is 0 Å². The Bertz CT molecular complexity index is 420. The molecule has 0 amide bonds. The average Bonchev–Trinajstić information content (AvgIpc) is 2.38. The zero-order valence-corrected chi connectivity index (χ0v) is 9.19. The van der Waals surface area contributed by atoms with Crippen molar-refractivity contribution in [3.63, 3.8) is 0 Å². The van der Waals surface area contributed by atoms with E-state index in [1.807, 2.05) is 6.07 Å². The first-order chi connectivity index (χ1) is 7.90. The highest BCUT2D eigenvalue weighted by Crippen LogP contribution is 2.19. The minimum atomic E-state index is 0.810. The second-order valence-electron chi connectivity index (χ2n) is 3.77. The SMILES string of the molecule is NNCCc1ccc(-c2ccccc2)cc1. The molecule has 0 aromatic heterocycles. The lowest BCUT2D eigenvalue weighted by Gasteiger charge is -2.04. The molecule has 2 aromatic rings. The van der Waals surface area contributed by atoms with Crippen LogP contribution in [0.2, 0.25) is 0 Å². The van der Waals surface area contributed by atoms with Gasteiger partial charge in [-0.3, -0.25) is 11.3 Å². The zero-order chi connectivity index (χ0) is 11.2. The van der Waals surface area contributed by atoms with Crippen LogP contribution in [0.3, 0.4) is 0 Å². The van der Waals surface area contributed by atoms with Crippen molar-refractivity contribution in [2.24, 2.45) is 5.84 Å². The van der Waals surface area contributed by atoms with Gasteiger partial charge in [0, 0.05) is 6.54 Å². The molecule has 82 valence electrons. The van der Waals surface area contributed by atoms with Gasteiger partial charge in [-0.2, -0.15) is 0 Å². The summed E-state index contributed by atoms with van der Waals surface area (Å²) in [6.45, 7) is 0.810. The van der Waals surface area contributed by atoms with E-state index in [1.165, 1.54) is 16.7 Å². The van der Waals surface area contributed by atoms with Crippen LogP contribution >= 0.6 is 0 Å². The molecule has 0 radical (unpaired) electrons. The summed E-state index contributed by atoms with van der Waals surface area (Å²) in [4.78, 5) is 0. The molecule has 2 heteroatoms. The van der Waals surface area contributed by atoms with Crippen molar-refractivity contribution < 1.29 is 0 Å². The quantitative estimate of drug-likeness (QED) is 0.603. The minimum Gasteiger partial charge on any atom is -0.271 e. The highest BCUT2D eigenvalue weighted by molar-refractivity contribution is 5.63. The van der Waals surface area contributed by atoms with E-state index in [0.717, 1.165) is 13.0 Å². The molecule has 2 nitrogen and oxygen atoms in total. The van der Waals surface area contributed by atoms with Crippen molar-refractivity contribution in [3.05, 3.63) is 60.2 Å². The molecule has 0 unspecified atom stereocenters. The maximum absolute atomic E-state index is 5.25. The molecule has 0 aliphatic heterocycles. The van der Waals surface area contributed by atoms with Gasteiger partial charge in [-0.1, -0.05) is 54.6 Å². The van der Waals surface area contributed by atoms with Crippen molar-refractivity contribution in [3.8, 4) is 11.1 Å². The predicted molar refractivity (Wildman–Crippen MR) is 67.8 cm³/mol. The summed E-state index contributed by atoms with van der Waals surface area (Å²) in [5, 5.41) is 0. The van der Waals surface area contributed by atoms with Crippen LogP contribution in [0.5, 0.6) is 0 Å². The minimum absolute atomic E-state index is 0.810. The van der Waals surface area contributed by atoms with Gasteiger partial charge in [0.05, 0.1) is 0 Å². The van der Waals surface area contributed by atoms with Crippen LogP contribution in [0.25, 0.3) is 11.1 Å². The number of hydrogen-bond acceptors (Lipinski definition) is 2. The smallest absolute Gasteiger partial charge is 0.0138 e. The second kappa shape index (κ2) is 5.45. The zero-order valence-electron chi connectivity index (χ0n) is 9.19. The van der Waals surface area contributed by atoms with Crippen LogP contribution in [0.15, 0.2) is 54.6 Å². The summed E-state index contributed by atoms with van der Waals surface area (Å²) < 4.78 is 0. The first-order valence-electron chi connectivity index (χ1n) is 5.48. The van der Waals surface area contributed by atoms with Crippen LogP contribution in [-0.2, 0) is 6.42 Å². The van der Waals surface area contributed by atoms with Crippen LogP contribution in [0.4, 0.5) is 0 Å². The average molecular weight is 212 g/mol. The maximum Gasteiger partial charge on any atom is 0.0138 e. The predicted octanol–water partition coefficient (Wildman–Crippen LogP) is 2.36. The fourth-order valence-corrected chi connectivity index (χ4v) is 1.71. The van der Waals surface area contributed by atoms with Crippen molar-refractivity contribution in [1.82, 2.24) is 5.43 Å². The number of hydrazine groups is 1. The van der Waals surface area contributed by atoms with E-state index in [-0.39, 0.29) is 0 Å². The summed E-state index contributed by atoms with van der Waals surface area (Å²) in [5.74, 6) is 5.25. The highest BCUT2D eigenvalue weighted by atomic mass is 15.2. The molecule has 2 rings (SSSR count). The molecule has 0 fully saturated rings. The van der Waals surface area contributed by atoms with E-state index < -0.39 is 0 Å². The van der Waals surface area contributed by atoms with E-state index in [9.17, 15) is 0 Å². The summed E-state index contributed by atoms with van der Waals surface area (Å²) in [6, 6.07) is 19.0. The third-order valence-corrected chi connectivity index (χ3v) is 2.62. The summed E-state index contributed by atoms with van der Waals surface area (Å²) in [5.41, 5.74) is 6.48. The standard InChI is InChI=1S/C14H16N2/c15-16-11-10-12-6-8-14(9-7-12)13-4-2-1-3-5-13/h1-9,16H,10-11,15H2. The lowest BCUT2D eigenvalue weighted by molar-refractivity contribution is 0.728. The van der Waals surface area contributed by atoms with Gasteiger partial charge in [0.2, 0.25) is 0 Å². The molecule has 0 saturated heterocycles. The molecule has 0 aliphatic carbocycles. The first-order valence-corrected chi connectivity index (χ1v) is 5.48. The molecule has 0 spiro atoms. The highest BCUT2D eigenvalue weighted by Gasteiger charge is 1.96. The van der Waals surface area contributed by atoms with E-state index in [4.69, 9.17) is 5.84 Å². The normalized spacial score (nSPS) is 10.3. The van der Waals surface area contributed by atoms with E-state index in [1.54, 1.807) is 0 Å². The number of benzene rings is 2. The Hall–Kier alpha value is -1.64. The Balaban J connectivity index is 2.13. The van der Waals surface area contributed by atoms with Crippen molar-refractivity contribution in [2.45, 2.75) is 6.42 Å². The third-order valence-electron chi connectivity index (χ3n) is 2.62. The van der Waals surface area contributed by atoms with Crippen LogP contribution in [-0.4, -0.2) is 6.54 Å². The van der Waals surface area contributed by atoms with E-state index >= 15 is 0 Å². The van der Waals surface area contributed by atoms with Gasteiger partial charge in [-0.15, -0.1) is 0 Å². The number of rotatable bonds is 4. The molecule has 16 heavy (non-hydrogen) atoms. The van der Waals surface area contributed by atoms with Gasteiger partial charge in [-0.05, 0) is 23.1 Å². The van der Waals surface area contributed by atoms with Crippen LogP contribution in [0.1, 0.15) is 5.56 Å². The molecule has 0 heterocycles. The monoisotopic (exact) mass is 212 g/mol.